The van der Waals surface area contributed by atoms with Gasteiger partial charge in [-0.05, 0) is 78.8 Å². The average molecular weight is 621 g/mol. The van der Waals surface area contributed by atoms with Crippen molar-refractivity contribution in [2.24, 2.45) is 4.99 Å². The topological polar surface area (TPSA) is 51.1 Å². The van der Waals surface area contributed by atoms with Crippen LogP contribution in [0.15, 0.2) is 126 Å². The van der Waals surface area contributed by atoms with Gasteiger partial charge in [0, 0.05) is 31.5 Å². The van der Waals surface area contributed by atoms with Crippen molar-refractivity contribution in [3.8, 4) is 0 Å². The molecule has 4 aromatic rings. The number of nitrogens with zero attached hydrogens (tertiary/aromatic N) is 2. The normalized spacial score (nSPS) is 12.3. The Bertz CT molecular complexity index is 1530. The van der Waals surface area contributed by atoms with E-state index in [1.54, 1.807) is 0 Å². The van der Waals surface area contributed by atoms with Crippen LogP contribution in [0.25, 0.3) is 11.6 Å². The number of aliphatic imine (C=N–C) groups is 1. The van der Waals surface area contributed by atoms with Gasteiger partial charge in [-0.25, -0.2) is 0 Å². The fourth-order valence-corrected chi connectivity index (χ4v) is 6.73. The van der Waals surface area contributed by atoms with Gasteiger partial charge in [0.15, 0.2) is 0 Å². The number of hydrogen-bond donors (Lipinski definition) is 0. The summed E-state index contributed by atoms with van der Waals surface area (Å²) in [7, 11) is -3.04. The van der Waals surface area contributed by atoms with E-state index in [1.807, 2.05) is 26.1 Å². The molecule has 0 aliphatic carbocycles. The molecule has 234 valence electrons. The zero-order valence-corrected chi connectivity index (χ0v) is 27.6. The Morgan fingerprint density at radius 1 is 0.778 bits per heavy atom. The molecule has 5 nitrogen and oxygen atoms in total. The Kier molecular flexibility index (Phi) is 13.6. The van der Waals surface area contributed by atoms with Crippen LogP contribution >= 0.6 is 7.60 Å². The highest BCUT2D eigenvalue weighted by molar-refractivity contribution is 7.53. The van der Waals surface area contributed by atoms with Crippen molar-refractivity contribution in [3.63, 3.8) is 0 Å². The van der Waals surface area contributed by atoms with Crippen LogP contribution in [-0.2, 0) is 26.7 Å². The summed E-state index contributed by atoms with van der Waals surface area (Å²) in [6.45, 7) is 8.74. The summed E-state index contributed by atoms with van der Waals surface area (Å²) in [4.78, 5) is 6.98. The Morgan fingerprint density at radius 3 is 1.93 bits per heavy atom. The van der Waals surface area contributed by atoms with Crippen molar-refractivity contribution >= 4 is 31.1 Å². The third-order valence-electron chi connectivity index (χ3n) is 7.33. The molecule has 0 fully saturated rings. The first-order valence-corrected chi connectivity index (χ1v) is 17.5. The summed E-state index contributed by atoms with van der Waals surface area (Å²) in [5.41, 5.74) is 8.30. The number of benzene rings is 4. The summed E-state index contributed by atoms with van der Waals surface area (Å²) >= 11 is 0. The van der Waals surface area contributed by atoms with Crippen molar-refractivity contribution in [3.05, 3.63) is 149 Å². The molecule has 0 unspecified atom stereocenters. The molecule has 0 saturated heterocycles. The van der Waals surface area contributed by atoms with Crippen LogP contribution in [0.3, 0.4) is 0 Å². The molecule has 4 rings (SSSR count). The lowest BCUT2D eigenvalue weighted by Gasteiger charge is -2.25. The van der Waals surface area contributed by atoms with Gasteiger partial charge in [-0.2, -0.15) is 0 Å². The minimum absolute atomic E-state index is 0.365. The lowest BCUT2D eigenvalue weighted by Crippen LogP contribution is -2.22. The van der Waals surface area contributed by atoms with E-state index in [2.05, 4.69) is 138 Å². The molecule has 0 amide bonds. The molecule has 0 aliphatic rings. The van der Waals surface area contributed by atoms with E-state index in [-0.39, 0.29) is 0 Å². The Balaban J connectivity index is 1.48. The van der Waals surface area contributed by atoms with Gasteiger partial charge in [-0.1, -0.05) is 109 Å². The third kappa shape index (κ3) is 11.1. The molecular formula is C39H45N2O3P. The van der Waals surface area contributed by atoms with Crippen LogP contribution in [0.2, 0.25) is 0 Å². The van der Waals surface area contributed by atoms with E-state index in [9.17, 15) is 4.57 Å². The largest absolute Gasteiger partial charge is 0.363 e. The Labute approximate surface area is 269 Å². The molecule has 0 aliphatic heterocycles. The van der Waals surface area contributed by atoms with Gasteiger partial charge >= 0.3 is 7.60 Å². The molecule has 0 aromatic heterocycles. The zero-order chi connectivity index (χ0) is 31.7. The minimum Gasteiger partial charge on any atom is -0.363 e. The molecule has 6 heteroatoms. The molecule has 0 N–H and O–H groups in total. The smallest absolute Gasteiger partial charge is 0.330 e. The standard InChI is InChI=1S/C39H45N2O3P/c1-4-43-45(42,44-5-2)30-14-28-40-29-27-37(39-20-13-12-15-33(39)3)24-21-34-22-25-38(26-23-34)41(31-35-16-8-6-9-17-35)32-36-18-10-7-11-19-36/h6-13,15-27,29H,4-5,14,28,30-32H2,1-3H3/b24-21?,37-27-,40-29?. The molecule has 0 radical (unpaired) electrons. The van der Waals surface area contributed by atoms with Gasteiger partial charge in [0.25, 0.3) is 0 Å². The predicted octanol–water partition coefficient (Wildman–Crippen LogP) is 10.0. The number of allylic oxidation sites excluding steroid dienone is 3. The number of rotatable bonds is 17. The SMILES string of the molecule is CCOP(=O)(CCCN=C/C=C(/C=Cc1ccc(N(Cc2ccccc2)Cc2ccccc2)cc1)c1ccccc1C)OCC. The van der Waals surface area contributed by atoms with Crippen molar-refractivity contribution in [1.29, 1.82) is 0 Å². The van der Waals surface area contributed by atoms with Gasteiger partial charge in [-0.15, -0.1) is 0 Å². The maximum atomic E-state index is 12.7. The molecule has 4 aromatic carbocycles. The van der Waals surface area contributed by atoms with Gasteiger partial charge in [0.05, 0.1) is 19.4 Å². The molecule has 0 saturated carbocycles. The van der Waals surface area contributed by atoms with Crippen LogP contribution in [0.5, 0.6) is 0 Å². The second kappa shape index (κ2) is 18.1. The molecular weight excluding hydrogens is 575 g/mol. The van der Waals surface area contributed by atoms with Gasteiger partial charge < -0.3 is 13.9 Å². The van der Waals surface area contributed by atoms with Gasteiger partial charge in [-0.3, -0.25) is 9.56 Å². The number of anilines is 1. The van der Waals surface area contributed by atoms with Crippen LogP contribution in [0.4, 0.5) is 5.69 Å². The quantitative estimate of drug-likeness (QED) is 0.0510. The summed E-state index contributed by atoms with van der Waals surface area (Å²) in [5, 5.41) is 0. The molecule has 0 bridgehead atoms. The molecule has 0 atom stereocenters. The van der Waals surface area contributed by atoms with E-state index >= 15 is 0 Å². The van der Waals surface area contributed by atoms with Crippen molar-refractivity contribution in [1.82, 2.24) is 0 Å². The third-order valence-corrected chi connectivity index (χ3v) is 9.50. The van der Waals surface area contributed by atoms with E-state index < -0.39 is 7.60 Å². The first kappa shape index (κ1) is 33.9. The highest BCUT2D eigenvalue weighted by Gasteiger charge is 2.22. The second-order valence-corrected chi connectivity index (χ2v) is 13.0. The molecule has 0 heterocycles. The van der Waals surface area contributed by atoms with Crippen molar-refractivity contribution in [2.75, 3.05) is 30.8 Å². The number of hydrogen-bond acceptors (Lipinski definition) is 5. The fraction of sp³-hybridized carbons (Fsp3) is 0.256. The van der Waals surface area contributed by atoms with E-state index in [0.717, 1.165) is 29.8 Å². The first-order chi connectivity index (χ1) is 22.0. The minimum atomic E-state index is -3.04. The van der Waals surface area contributed by atoms with Crippen LogP contribution < -0.4 is 4.90 Å². The average Bonchev–Trinajstić information content (AvgIpc) is 3.06. The Morgan fingerprint density at radius 2 is 1.36 bits per heavy atom. The zero-order valence-electron chi connectivity index (χ0n) is 26.7. The second-order valence-electron chi connectivity index (χ2n) is 10.8. The van der Waals surface area contributed by atoms with Crippen LogP contribution in [-0.4, -0.2) is 32.1 Å². The van der Waals surface area contributed by atoms with E-state index in [1.165, 1.54) is 22.4 Å². The number of aryl methyl sites for hydroxylation is 1. The summed E-state index contributed by atoms with van der Waals surface area (Å²) in [5.74, 6) is 0. The highest BCUT2D eigenvalue weighted by Crippen LogP contribution is 2.48. The lowest BCUT2D eigenvalue weighted by atomic mass is 9.99. The fourth-order valence-electron chi connectivity index (χ4n) is 5.08. The first-order valence-electron chi connectivity index (χ1n) is 15.7. The predicted molar refractivity (Wildman–Crippen MR) is 191 cm³/mol. The maximum Gasteiger partial charge on any atom is 0.330 e. The van der Waals surface area contributed by atoms with Gasteiger partial charge in [0.1, 0.15) is 0 Å². The van der Waals surface area contributed by atoms with Crippen molar-refractivity contribution in [2.45, 2.75) is 40.3 Å². The maximum absolute atomic E-state index is 12.7. The van der Waals surface area contributed by atoms with Gasteiger partial charge in [0.2, 0.25) is 0 Å². The van der Waals surface area contributed by atoms with Crippen LogP contribution in [0.1, 0.15) is 48.1 Å². The van der Waals surface area contributed by atoms with Crippen molar-refractivity contribution < 1.29 is 13.6 Å². The Hall–Kier alpha value is -4.02. The molecule has 45 heavy (non-hydrogen) atoms. The monoisotopic (exact) mass is 620 g/mol. The highest BCUT2D eigenvalue weighted by atomic mass is 31.2. The van der Waals surface area contributed by atoms with E-state index in [4.69, 9.17) is 9.05 Å². The summed E-state index contributed by atoms with van der Waals surface area (Å²) in [6.07, 6.45) is 9.17. The molecule has 0 spiro atoms. The summed E-state index contributed by atoms with van der Waals surface area (Å²) < 4.78 is 23.5. The lowest BCUT2D eigenvalue weighted by molar-refractivity contribution is 0.220. The summed E-state index contributed by atoms with van der Waals surface area (Å²) in [6, 6.07) is 38.3. The van der Waals surface area contributed by atoms with E-state index in [0.29, 0.717) is 32.3 Å². The van der Waals surface area contributed by atoms with Crippen LogP contribution in [0, 0.1) is 6.92 Å².